The summed E-state index contributed by atoms with van der Waals surface area (Å²) in [5.74, 6) is 0.0421. The number of piperidine rings is 1. The van der Waals surface area contributed by atoms with Crippen molar-refractivity contribution in [2.45, 2.75) is 51.7 Å². The second kappa shape index (κ2) is 11.8. The Bertz CT molecular complexity index is 1090. The van der Waals surface area contributed by atoms with Crippen LogP contribution in [0.15, 0.2) is 42.6 Å². The van der Waals surface area contributed by atoms with Gasteiger partial charge < -0.3 is 15.0 Å². The van der Waals surface area contributed by atoms with Crippen LogP contribution in [0.5, 0.6) is 5.88 Å². The average Bonchev–Trinajstić information content (AvgIpc) is 3.43. The van der Waals surface area contributed by atoms with Gasteiger partial charge in [-0.1, -0.05) is 12.1 Å². The standard InChI is InChI=1S/C28H35F3N4O3/c1-27(2,28(29,30)31)18-35-14-11-19(12-15-35)17-38-24-10-9-22(16-33-24)20-5-7-21(8-6-20)25(36)34-26(37)23-4-3-13-32-23/h5-10,16,19,23,32H,3-4,11-15,17-18H2,1-2H3,(H,34,36,37)/t23-/m0/s1. The van der Waals surface area contributed by atoms with Crippen LogP contribution in [-0.4, -0.2) is 66.7 Å². The SMILES string of the molecule is CC(C)(CN1CCC(COc2ccc(-c3ccc(C(=O)NC(=O)[C@@H]4CCCN4)cc3)cn2)CC1)C(F)(F)F. The molecule has 10 heteroatoms. The van der Waals surface area contributed by atoms with E-state index in [1.807, 2.05) is 11.0 Å². The lowest BCUT2D eigenvalue weighted by molar-refractivity contribution is -0.217. The molecule has 2 aliphatic rings. The number of nitrogens with one attached hydrogen (secondary N) is 2. The predicted molar refractivity (Wildman–Crippen MR) is 138 cm³/mol. The highest BCUT2D eigenvalue weighted by atomic mass is 19.4. The molecule has 2 aliphatic heterocycles. The molecule has 1 aromatic carbocycles. The molecule has 2 aromatic rings. The quantitative estimate of drug-likeness (QED) is 0.490. The van der Waals surface area contributed by atoms with Crippen LogP contribution in [0.4, 0.5) is 13.2 Å². The summed E-state index contributed by atoms with van der Waals surface area (Å²) in [6, 6.07) is 10.3. The maximum absolute atomic E-state index is 13.2. The summed E-state index contributed by atoms with van der Waals surface area (Å²) in [6.45, 7) is 5.02. The lowest BCUT2D eigenvalue weighted by Gasteiger charge is -2.38. The van der Waals surface area contributed by atoms with E-state index >= 15 is 0 Å². The van der Waals surface area contributed by atoms with E-state index in [0.717, 1.165) is 43.4 Å². The average molecular weight is 533 g/mol. The van der Waals surface area contributed by atoms with Crippen molar-refractivity contribution in [2.24, 2.45) is 11.3 Å². The number of benzene rings is 1. The van der Waals surface area contributed by atoms with Gasteiger partial charge in [-0.3, -0.25) is 14.9 Å². The van der Waals surface area contributed by atoms with Gasteiger partial charge in [-0.15, -0.1) is 0 Å². The van der Waals surface area contributed by atoms with E-state index < -0.39 is 17.5 Å². The number of imide groups is 1. The zero-order chi connectivity index (χ0) is 27.3. The molecule has 2 amide bonds. The molecule has 1 aromatic heterocycles. The maximum Gasteiger partial charge on any atom is 0.395 e. The Morgan fingerprint density at radius 1 is 1.05 bits per heavy atom. The molecule has 7 nitrogen and oxygen atoms in total. The topological polar surface area (TPSA) is 83.6 Å². The van der Waals surface area contributed by atoms with Crippen LogP contribution < -0.4 is 15.4 Å². The number of aromatic nitrogens is 1. The molecule has 38 heavy (non-hydrogen) atoms. The van der Waals surface area contributed by atoms with Gasteiger partial charge in [0.05, 0.1) is 18.1 Å². The highest BCUT2D eigenvalue weighted by Crippen LogP contribution is 2.38. The Balaban J connectivity index is 1.22. The lowest BCUT2D eigenvalue weighted by atomic mass is 9.89. The van der Waals surface area contributed by atoms with Crippen molar-refractivity contribution in [1.82, 2.24) is 20.5 Å². The van der Waals surface area contributed by atoms with Crippen LogP contribution in [0.2, 0.25) is 0 Å². The molecule has 0 radical (unpaired) electrons. The zero-order valence-corrected chi connectivity index (χ0v) is 21.8. The van der Waals surface area contributed by atoms with Crippen molar-refractivity contribution in [3.8, 4) is 17.0 Å². The largest absolute Gasteiger partial charge is 0.477 e. The first-order valence-electron chi connectivity index (χ1n) is 13.1. The van der Waals surface area contributed by atoms with Crippen molar-refractivity contribution in [3.05, 3.63) is 48.2 Å². The van der Waals surface area contributed by atoms with Gasteiger partial charge in [0.25, 0.3) is 5.91 Å². The molecular formula is C28H35F3N4O3. The summed E-state index contributed by atoms with van der Waals surface area (Å²) in [5, 5.41) is 5.52. The third-order valence-corrected chi connectivity index (χ3v) is 7.39. The Kier molecular flexibility index (Phi) is 8.72. The van der Waals surface area contributed by atoms with Gasteiger partial charge in [0.15, 0.2) is 0 Å². The molecule has 2 fully saturated rings. The van der Waals surface area contributed by atoms with Gasteiger partial charge in [-0.05, 0) is 88.8 Å². The van der Waals surface area contributed by atoms with Crippen molar-refractivity contribution in [2.75, 3.05) is 32.8 Å². The summed E-state index contributed by atoms with van der Waals surface area (Å²) >= 11 is 0. The van der Waals surface area contributed by atoms with Gasteiger partial charge in [-0.2, -0.15) is 13.2 Å². The number of halogens is 3. The normalized spacial score (nSPS) is 19.3. The number of pyridine rings is 1. The Morgan fingerprint density at radius 2 is 1.74 bits per heavy atom. The zero-order valence-electron chi connectivity index (χ0n) is 21.8. The minimum absolute atomic E-state index is 0.00875. The molecule has 206 valence electrons. The molecule has 0 bridgehead atoms. The van der Waals surface area contributed by atoms with Gasteiger partial charge in [0.1, 0.15) is 0 Å². The van der Waals surface area contributed by atoms with Crippen LogP contribution in [0.25, 0.3) is 11.1 Å². The molecule has 1 atom stereocenters. The number of hydrogen-bond acceptors (Lipinski definition) is 6. The van der Waals surface area contributed by atoms with E-state index in [1.54, 1.807) is 36.5 Å². The monoisotopic (exact) mass is 532 g/mol. The van der Waals surface area contributed by atoms with E-state index in [4.69, 9.17) is 4.74 Å². The second-order valence-electron chi connectivity index (χ2n) is 10.8. The molecular weight excluding hydrogens is 497 g/mol. The summed E-state index contributed by atoms with van der Waals surface area (Å²) in [5.41, 5.74) is 0.413. The number of carbonyl (C=O) groups is 2. The van der Waals surface area contributed by atoms with Crippen molar-refractivity contribution in [3.63, 3.8) is 0 Å². The first-order chi connectivity index (χ1) is 18.0. The third-order valence-electron chi connectivity index (χ3n) is 7.39. The third kappa shape index (κ3) is 7.11. The fourth-order valence-electron chi connectivity index (χ4n) is 4.79. The number of hydrogen-bond donors (Lipinski definition) is 2. The first kappa shape index (κ1) is 28.0. The van der Waals surface area contributed by atoms with E-state index in [2.05, 4.69) is 15.6 Å². The number of carbonyl (C=O) groups excluding carboxylic acids is 2. The van der Waals surface area contributed by atoms with Crippen LogP contribution >= 0.6 is 0 Å². The number of nitrogens with zero attached hydrogens (tertiary/aromatic N) is 2. The number of alkyl halides is 3. The van der Waals surface area contributed by atoms with E-state index in [0.29, 0.717) is 31.1 Å². The Morgan fingerprint density at radius 3 is 2.32 bits per heavy atom. The maximum atomic E-state index is 13.2. The minimum atomic E-state index is -4.21. The summed E-state index contributed by atoms with van der Waals surface area (Å²) in [4.78, 5) is 30.8. The van der Waals surface area contributed by atoms with Crippen LogP contribution in [0.1, 0.15) is 49.9 Å². The minimum Gasteiger partial charge on any atom is -0.477 e. The molecule has 3 heterocycles. The van der Waals surface area contributed by atoms with Crippen molar-refractivity contribution >= 4 is 11.8 Å². The van der Waals surface area contributed by atoms with Crippen molar-refractivity contribution < 1.29 is 27.5 Å². The first-order valence-corrected chi connectivity index (χ1v) is 13.1. The van der Waals surface area contributed by atoms with Crippen LogP contribution in [-0.2, 0) is 4.79 Å². The number of amides is 2. The van der Waals surface area contributed by atoms with Crippen molar-refractivity contribution in [1.29, 1.82) is 0 Å². The molecule has 0 saturated carbocycles. The summed E-state index contributed by atoms with van der Waals surface area (Å²) < 4.78 is 45.4. The van der Waals surface area contributed by atoms with E-state index in [9.17, 15) is 22.8 Å². The predicted octanol–water partition coefficient (Wildman–Crippen LogP) is 4.44. The summed E-state index contributed by atoms with van der Waals surface area (Å²) in [7, 11) is 0. The second-order valence-corrected chi connectivity index (χ2v) is 10.8. The molecule has 0 spiro atoms. The fourth-order valence-corrected chi connectivity index (χ4v) is 4.79. The fraction of sp³-hybridized carbons (Fsp3) is 0.536. The molecule has 4 rings (SSSR count). The van der Waals surface area contributed by atoms with Crippen LogP contribution in [0, 0.1) is 11.3 Å². The molecule has 0 aliphatic carbocycles. The Hall–Kier alpha value is -2.98. The number of ether oxygens (including phenoxy) is 1. The Labute approximate surface area is 221 Å². The van der Waals surface area contributed by atoms with E-state index in [-0.39, 0.29) is 24.4 Å². The summed E-state index contributed by atoms with van der Waals surface area (Å²) in [6.07, 6.45) is 0.707. The molecule has 2 N–H and O–H groups in total. The number of rotatable bonds is 8. The highest BCUT2D eigenvalue weighted by Gasteiger charge is 2.48. The number of likely N-dealkylation sites (tertiary alicyclic amines) is 1. The molecule has 0 unspecified atom stereocenters. The highest BCUT2D eigenvalue weighted by molar-refractivity contribution is 6.06. The van der Waals surface area contributed by atoms with Gasteiger partial charge >= 0.3 is 6.18 Å². The van der Waals surface area contributed by atoms with Gasteiger partial charge in [0.2, 0.25) is 11.8 Å². The van der Waals surface area contributed by atoms with E-state index in [1.165, 1.54) is 13.8 Å². The smallest absolute Gasteiger partial charge is 0.395 e. The van der Waals surface area contributed by atoms with Gasteiger partial charge in [-0.25, -0.2) is 4.98 Å². The lowest BCUT2D eigenvalue weighted by Crippen LogP contribution is -2.46. The van der Waals surface area contributed by atoms with Crippen LogP contribution in [0.3, 0.4) is 0 Å². The molecule has 2 saturated heterocycles. The van der Waals surface area contributed by atoms with Gasteiger partial charge in [0, 0.05) is 29.9 Å².